The molecule has 0 bridgehead atoms. The third-order valence-corrected chi connectivity index (χ3v) is 7.70. The van der Waals surface area contributed by atoms with Crippen molar-refractivity contribution in [3.63, 3.8) is 0 Å². The summed E-state index contributed by atoms with van der Waals surface area (Å²) in [5.74, 6) is -0.664. The smallest absolute Gasteiger partial charge is 0.269 e. The molecule has 0 aliphatic carbocycles. The van der Waals surface area contributed by atoms with Gasteiger partial charge in [-0.25, -0.2) is 0 Å². The molecule has 34 heavy (non-hydrogen) atoms. The number of halogens is 1. The van der Waals surface area contributed by atoms with Crippen molar-refractivity contribution in [3.8, 4) is 0 Å². The number of thioether (sulfide) groups is 1. The van der Waals surface area contributed by atoms with Crippen molar-refractivity contribution in [2.75, 3.05) is 27.4 Å². The van der Waals surface area contributed by atoms with Gasteiger partial charge in [-0.15, -0.1) is 11.8 Å². The number of nitrogens with zero attached hydrogens (tertiary/aromatic N) is 2. The zero-order valence-electron chi connectivity index (χ0n) is 18.5. The summed E-state index contributed by atoms with van der Waals surface area (Å²) >= 11 is 7.47. The molecule has 1 atom stereocenters. The molecule has 3 amide bonds. The Morgan fingerprint density at radius 3 is 2.56 bits per heavy atom. The van der Waals surface area contributed by atoms with E-state index in [1.165, 1.54) is 27.1 Å². The number of aryl methyl sites for hydroxylation is 1. The summed E-state index contributed by atoms with van der Waals surface area (Å²) in [5.41, 5.74) is 3.71. The van der Waals surface area contributed by atoms with Gasteiger partial charge in [0.25, 0.3) is 5.91 Å². The summed E-state index contributed by atoms with van der Waals surface area (Å²) in [6.45, 7) is 1.91. The van der Waals surface area contributed by atoms with E-state index in [0.29, 0.717) is 27.6 Å². The highest BCUT2D eigenvalue weighted by atomic mass is 35.5. The molecule has 2 heterocycles. The molecule has 0 saturated carbocycles. The lowest BCUT2D eigenvalue weighted by atomic mass is 10.0. The Kier molecular flexibility index (Phi) is 5.83. The van der Waals surface area contributed by atoms with Crippen LogP contribution in [0.2, 0.25) is 5.02 Å². The van der Waals surface area contributed by atoms with Crippen LogP contribution < -0.4 is 15.1 Å². The molecule has 1 saturated heterocycles. The van der Waals surface area contributed by atoms with Gasteiger partial charge in [0.1, 0.15) is 6.54 Å². The second kappa shape index (κ2) is 8.81. The van der Waals surface area contributed by atoms with Crippen LogP contribution in [0.5, 0.6) is 0 Å². The van der Waals surface area contributed by atoms with E-state index < -0.39 is 4.87 Å². The van der Waals surface area contributed by atoms with Gasteiger partial charge in [0.2, 0.25) is 16.7 Å². The molecule has 1 spiro atoms. The molecule has 2 aliphatic heterocycles. The molecule has 172 valence electrons. The predicted octanol–water partition coefficient (Wildman–Crippen LogP) is 4.82. The Balaban J connectivity index is 1.48. The van der Waals surface area contributed by atoms with E-state index in [0.717, 1.165) is 6.42 Å². The fraction of sp³-hybridized carbons (Fsp3) is 0.192. The fourth-order valence-electron chi connectivity index (χ4n) is 4.50. The van der Waals surface area contributed by atoms with Crippen LogP contribution >= 0.6 is 23.4 Å². The SMILES string of the molecule is CCc1ccc(NC(=O)CN2C(=O)[C@]3(SCC(=O)N3c3cccc(Cl)c3)c3ccccc32)cc1. The number of rotatable bonds is 5. The van der Waals surface area contributed by atoms with E-state index in [-0.39, 0.29) is 30.0 Å². The summed E-state index contributed by atoms with van der Waals surface area (Å²) in [6, 6.07) is 21.9. The predicted molar refractivity (Wildman–Crippen MR) is 136 cm³/mol. The second-order valence-electron chi connectivity index (χ2n) is 8.15. The summed E-state index contributed by atoms with van der Waals surface area (Å²) in [7, 11) is 0. The van der Waals surface area contributed by atoms with E-state index >= 15 is 0 Å². The molecule has 1 fully saturated rings. The van der Waals surface area contributed by atoms with Gasteiger partial charge >= 0.3 is 0 Å². The maximum absolute atomic E-state index is 14.0. The molecular weight excluding hydrogens is 470 g/mol. The monoisotopic (exact) mass is 491 g/mol. The normalized spacial score (nSPS) is 19.1. The van der Waals surface area contributed by atoms with Crippen molar-refractivity contribution >= 4 is 58.1 Å². The highest BCUT2D eigenvalue weighted by Crippen LogP contribution is 2.55. The van der Waals surface area contributed by atoms with Gasteiger partial charge in [-0.1, -0.05) is 54.9 Å². The minimum Gasteiger partial charge on any atom is -0.325 e. The molecule has 2 aliphatic rings. The summed E-state index contributed by atoms with van der Waals surface area (Å²) in [5, 5.41) is 3.35. The van der Waals surface area contributed by atoms with E-state index in [1.807, 2.05) is 48.5 Å². The molecule has 0 aromatic heterocycles. The average Bonchev–Trinajstić information content (AvgIpc) is 3.30. The van der Waals surface area contributed by atoms with E-state index in [4.69, 9.17) is 11.6 Å². The van der Waals surface area contributed by atoms with Crippen molar-refractivity contribution in [1.82, 2.24) is 0 Å². The van der Waals surface area contributed by atoms with Crippen LogP contribution in [0, 0.1) is 0 Å². The maximum Gasteiger partial charge on any atom is 0.269 e. The summed E-state index contributed by atoms with van der Waals surface area (Å²) in [6.07, 6.45) is 0.912. The molecule has 3 aromatic carbocycles. The zero-order chi connectivity index (χ0) is 23.9. The lowest BCUT2D eigenvalue weighted by molar-refractivity contribution is -0.124. The van der Waals surface area contributed by atoms with E-state index in [9.17, 15) is 14.4 Å². The average molecular weight is 492 g/mol. The molecule has 6 nitrogen and oxygen atoms in total. The molecule has 1 N–H and O–H groups in total. The van der Waals surface area contributed by atoms with Crippen molar-refractivity contribution in [2.45, 2.75) is 18.2 Å². The molecule has 0 radical (unpaired) electrons. The van der Waals surface area contributed by atoms with Crippen molar-refractivity contribution in [2.24, 2.45) is 0 Å². The topological polar surface area (TPSA) is 69.7 Å². The van der Waals surface area contributed by atoms with Crippen LogP contribution in [0.3, 0.4) is 0 Å². The summed E-state index contributed by atoms with van der Waals surface area (Å²) in [4.78, 5) is 41.6. The number of carbonyl (C=O) groups excluding carboxylic acids is 3. The van der Waals surface area contributed by atoms with Gasteiger partial charge in [0, 0.05) is 22.0 Å². The Hall–Kier alpha value is -3.29. The Morgan fingerprint density at radius 1 is 1.06 bits per heavy atom. The van der Waals surface area contributed by atoms with Crippen LogP contribution in [0.1, 0.15) is 18.1 Å². The maximum atomic E-state index is 14.0. The fourth-order valence-corrected chi connectivity index (χ4v) is 6.04. The highest BCUT2D eigenvalue weighted by molar-refractivity contribution is 8.02. The third kappa shape index (κ3) is 3.65. The van der Waals surface area contributed by atoms with E-state index in [2.05, 4.69) is 12.2 Å². The standard InChI is InChI=1S/C26H22ClN3O3S/c1-2-17-10-12-19(13-11-17)28-23(31)15-29-22-9-4-3-8-21(22)26(25(29)33)30(24(32)16-34-26)20-7-5-6-18(27)14-20/h3-14H,2,15-16H2,1H3,(H,28,31)/t26-/m1/s1. The van der Waals surface area contributed by atoms with Crippen LogP contribution in [-0.2, 0) is 25.7 Å². The van der Waals surface area contributed by atoms with Crippen LogP contribution in [0.15, 0.2) is 72.8 Å². The molecular formula is C26H22ClN3O3S. The number of benzene rings is 3. The first kappa shape index (κ1) is 22.5. The van der Waals surface area contributed by atoms with Crippen LogP contribution in [-0.4, -0.2) is 30.0 Å². The molecule has 3 aromatic rings. The number of hydrogen-bond donors (Lipinski definition) is 1. The Bertz CT molecular complexity index is 1300. The number of fused-ring (bicyclic) bond motifs is 2. The number of anilines is 3. The number of para-hydroxylation sites is 1. The van der Waals surface area contributed by atoms with Gasteiger partial charge < -0.3 is 5.32 Å². The third-order valence-electron chi connectivity index (χ3n) is 6.08. The van der Waals surface area contributed by atoms with Gasteiger partial charge in [0.15, 0.2) is 0 Å². The number of amides is 3. The first-order chi connectivity index (χ1) is 16.4. The van der Waals surface area contributed by atoms with Crippen LogP contribution in [0.25, 0.3) is 0 Å². The quantitative estimate of drug-likeness (QED) is 0.555. The van der Waals surface area contributed by atoms with Crippen molar-refractivity contribution < 1.29 is 14.4 Å². The lowest BCUT2D eigenvalue weighted by Crippen LogP contribution is -2.50. The number of hydrogen-bond acceptors (Lipinski definition) is 4. The number of carbonyl (C=O) groups is 3. The number of nitrogens with one attached hydrogen (secondary N) is 1. The van der Waals surface area contributed by atoms with Crippen molar-refractivity contribution in [1.29, 1.82) is 0 Å². The first-order valence-corrected chi connectivity index (χ1v) is 12.3. The van der Waals surface area contributed by atoms with Gasteiger partial charge in [-0.3, -0.25) is 24.2 Å². The Labute approximate surface area is 206 Å². The van der Waals surface area contributed by atoms with Gasteiger partial charge in [-0.05, 0) is 48.4 Å². The second-order valence-corrected chi connectivity index (χ2v) is 9.75. The first-order valence-electron chi connectivity index (χ1n) is 11.0. The van der Waals surface area contributed by atoms with Crippen molar-refractivity contribution in [3.05, 3.63) is 88.9 Å². The molecule has 8 heteroatoms. The van der Waals surface area contributed by atoms with Gasteiger partial charge in [-0.2, -0.15) is 0 Å². The summed E-state index contributed by atoms with van der Waals surface area (Å²) < 4.78 is 0. The Morgan fingerprint density at radius 2 is 1.82 bits per heavy atom. The minimum atomic E-state index is -1.28. The van der Waals surface area contributed by atoms with Crippen LogP contribution in [0.4, 0.5) is 17.1 Å². The van der Waals surface area contributed by atoms with Gasteiger partial charge in [0.05, 0.1) is 11.4 Å². The molecule has 5 rings (SSSR count). The highest BCUT2D eigenvalue weighted by Gasteiger charge is 2.61. The zero-order valence-corrected chi connectivity index (χ0v) is 20.0. The molecule has 0 unspecified atom stereocenters. The lowest BCUT2D eigenvalue weighted by Gasteiger charge is -2.33. The van der Waals surface area contributed by atoms with E-state index in [1.54, 1.807) is 24.3 Å². The largest absolute Gasteiger partial charge is 0.325 e. The minimum absolute atomic E-state index is 0.149.